The largest absolute Gasteiger partial charge is 0.296 e. The maximum Gasteiger partial charge on any atom is 0.268 e. The normalized spacial score (nSPS) is 10.9. The van der Waals surface area contributed by atoms with Crippen molar-refractivity contribution >= 4 is 40.1 Å². The predicted octanol–water partition coefficient (Wildman–Crippen LogP) is 3.05. The number of aromatic nitrogens is 2. The van der Waals surface area contributed by atoms with Crippen LogP contribution in [0.3, 0.4) is 0 Å². The molecule has 1 aromatic carbocycles. The van der Waals surface area contributed by atoms with Crippen LogP contribution < -0.4 is 5.32 Å². The number of nitriles is 1. The minimum atomic E-state index is -0.515. The third kappa shape index (κ3) is 3.63. The topological polar surface area (TPSA) is 78.7 Å². The molecule has 0 aliphatic carbocycles. The van der Waals surface area contributed by atoms with Gasteiger partial charge < -0.3 is 0 Å². The summed E-state index contributed by atoms with van der Waals surface area (Å²) in [5.41, 5.74) is 0.703. The third-order valence-electron chi connectivity index (χ3n) is 2.29. The van der Waals surface area contributed by atoms with E-state index < -0.39 is 5.91 Å². The molecule has 2 rings (SSSR count). The molecule has 0 saturated carbocycles. The van der Waals surface area contributed by atoms with Gasteiger partial charge in [0, 0.05) is 5.02 Å². The lowest BCUT2D eigenvalue weighted by Gasteiger charge is -1.99. The molecule has 0 radical (unpaired) electrons. The highest BCUT2D eigenvalue weighted by Crippen LogP contribution is 2.16. The van der Waals surface area contributed by atoms with Crippen molar-refractivity contribution in [2.75, 3.05) is 5.32 Å². The summed E-state index contributed by atoms with van der Waals surface area (Å²) in [5.74, 6) is -0.515. The highest BCUT2D eigenvalue weighted by Gasteiger charge is 2.11. The number of benzene rings is 1. The zero-order valence-electron chi connectivity index (χ0n) is 10.4. The zero-order valence-corrected chi connectivity index (χ0v) is 12.0. The zero-order chi connectivity index (χ0) is 14.5. The molecule has 7 heteroatoms. The number of hydrogen-bond acceptors (Lipinski definition) is 5. The van der Waals surface area contributed by atoms with Crippen molar-refractivity contribution in [3.63, 3.8) is 0 Å². The van der Waals surface area contributed by atoms with E-state index in [-0.39, 0.29) is 5.57 Å². The number of anilines is 1. The van der Waals surface area contributed by atoms with Crippen molar-refractivity contribution in [3.05, 3.63) is 45.4 Å². The average Bonchev–Trinajstić information content (AvgIpc) is 2.83. The van der Waals surface area contributed by atoms with Crippen LogP contribution in [-0.2, 0) is 4.79 Å². The van der Waals surface area contributed by atoms with Crippen molar-refractivity contribution in [2.24, 2.45) is 0 Å². The van der Waals surface area contributed by atoms with Gasteiger partial charge in [0.25, 0.3) is 5.91 Å². The van der Waals surface area contributed by atoms with E-state index in [0.29, 0.717) is 10.2 Å². The molecule has 1 N–H and O–H groups in total. The highest BCUT2D eigenvalue weighted by atomic mass is 35.5. The molecular weight excluding hydrogens is 296 g/mol. The van der Waals surface area contributed by atoms with Crippen LogP contribution in [0.2, 0.25) is 5.02 Å². The number of carbonyl (C=O) groups excluding carboxylic acids is 1. The number of halogens is 1. The second-order valence-corrected chi connectivity index (χ2v) is 5.42. The van der Waals surface area contributed by atoms with Crippen molar-refractivity contribution in [1.29, 1.82) is 5.26 Å². The Hall–Kier alpha value is -2.23. The molecule has 0 unspecified atom stereocenters. The second-order valence-electron chi connectivity index (χ2n) is 3.80. The first-order valence-corrected chi connectivity index (χ1v) is 6.77. The monoisotopic (exact) mass is 304 g/mol. The van der Waals surface area contributed by atoms with Gasteiger partial charge >= 0.3 is 0 Å². The molecule has 0 aliphatic rings. The van der Waals surface area contributed by atoms with Gasteiger partial charge in [-0.1, -0.05) is 35.1 Å². The molecule has 5 nitrogen and oxygen atoms in total. The molecule has 0 atom stereocenters. The number of aryl methyl sites for hydroxylation is 1. The number of nitrogens with one attached hydrogen (secondary N) is 1. The van der Waals surface area contributed by atoms with E-state index in [2.05, 4.69) is 15.5 Å². The van der Waals surface area contributed by atoms with Gasteiger partial charge in [-0.2, -0.15) is 5.26 Å². The van der Waals surface area contributed by atoms with Crippen molar-refractivity contribution in [2.45, 2.75) is 6.92 Å². The van der Waals surface area contributed by atoms with Gasteiger partial charge in [-0.25, -0.2) is 0 Å². The molecule has 0 fully saturated rings. The van der Waals surface area contributed by atoms with Crippen molar-refractivity contribution < 1.29 is 4.79 Å². The molecule has 0 bridgehead atoms. The molecule has 1 amide bonds. The minimum absolute atomic E-state index is 0.0137. The Bertz CT molecular complexity index is 700. The lowest BCUT2D eigenvalue weighted by Crippen LogP contribution is -2.13. The Kier molecular flexibility index (Phi) is 4.45. The molecule has 2 aromatic rings. The van der Waals surface area contributed by atoms with Crippen LogP contribution >= 0.6 is 22.9 Å². The van der Waals surface area contributed by atoms with E-state index >= 15 is 0 Å². The van der Waals surface area contributed by atoms with Gasteiger partial charge in [0.1, 0.15) is 16.6 Å². The fraction of sp³-hybridized carbons (Fsp3) is 0.0769. The van der Waals surface area contributed by atoms with Crippen LogP contribution in [0, 0.1) is 18.3 Å². The predicted molar refractivity (Wildman–Crippen MR) is 78.3 cm³/mol. The van der Waals surface area contributed by atoms with E-state index in [9.17, 15) is 4.79 Å². The maximum atomic E-state index is 11.9. The summed E-state index contributed by atoms with van der Waals surface area (Å²) in [7, 11) is 0. The molecule has 1 aromatic heterocycles. The van der Waals surface area contributed by atoms with Crippen LogP contribution in [0.1, 0.15) is 10.6 Å². The highest BCUT2D eigenvalue weighted by molar-refractivity contribution is 7.15. The molecule has 0 aliphatic heterocycles. The van der Waals surface area contributed by atoms with E-state index in [0.717, 1.165) is 10.6 Å². The summed E-state index contributed by atoms with van der Waals surface area (Å²) in [6, 6.07) is 8.69. The first-order chi connectivity index (χ1) is 9.58. The number of nitrogens with zero attached hydrogens (tertiary/aromatic N) is 3. The van der Waals surface area contributed by atoms with E-state index in [1.54, 1.807) is 31.2 Å². The molecule has 20 heavy (non-hydrogen) atoms. The van der Waals surface area contributed by atoms with Crippen molar-refractivity contribution in [1.82, 2.24) is 10.2 Å². The number of rotatable bonds is 3. The van der Waals surface area contributed by atoms with E-state index in [4.69, 9.17) is 16.9 Å². The van der Waals surface area contributed by atoms with Gasteiger partial charge in [0.15, 0.2) is 0 Å². The van der Waals surface area contributed by atoms with Crippen LogP contribution in [-0.4, -0.2) is 16.1 Å². The molecule has 1 heterocycles. The summed E-state index contributed by atoms with van der Waals surface area (Å²) in [6.07, 6.45) is 1.49. The summed E-state index contributed by atoms with van der Waals surface area (Å²) < 4.78 is 0. The molecular formula is C13H9ClN4OS. The Morgan fingerprint density at radius 3 is 2.65 bits per heavy atom. The van der Waals surface area contributed by atoms with Gasteiger partial charge in [-0.3, -0.25) is 10.1 Å². The number of carbonyl (C=O) groups is 1. The number of hydrogen-bond donors (Lipinski definition) is 1. The smallest absolute Gasteiger partial charge is 0.268 e. The minimum Gasteiger partial charge on any atom is -0.296 e. The summed E-state index contributed by atoms with van der Waals surface area (Å²) >= 11 is 7.02. The van der Waals surface area contributed by atoms with Gasteiger partial charge in [-0.15, -0.1) is 10.2 Å². The van der Waals surface area contributed by atoms with E-state index in [1.807, 2.05) is 6.07 Å². The SMILES string of the molecule is Cc1nnc(NC(=O)C(C#N)=Cc2ccc(Cl)cc2)s1. The van der Waals surface area contributed by atoms with Gasteiger partial charge in [-0.05, 0) is 30.7 Å². The second kappa shape index (κ2) is 6.28. The Balaban J connectivity index is 2.17. The molecule has 0 spiro atoms. The quantitative estimate of drug-likeness (QED) is 0.698. The lowest BCUT2D eigenvalue weighted by atomic mass is 10.1. The lowest BCUT2D eigenvalue weighted by molar-refractivity contribution is -0.112. The van der Waals surface area contributed by atoms with Crippen LogP contribution in [0.4, 0.5) is 5.13 Å². The van der Waals surface area contributed by atoms with Gasteiger partial charge in [0.2, 0.25) is 5.13 Å². The Morgan fingerprint density at radius 2 is 2.10 bits per heavy atom. The Morgan fingerprint density at radius 1 is 1.40 bits per heavy atom. The summed E-state index contributed by atoms with van der Waals surface area (Å²) in [5, 5.41) is 20.8. The fourth-order valence-corrected chi connectivity index (χ4v) is 2.10. The first-order valence-electron chi connectivity index (χ1n) is 5.57. The van der Waals surface area contributed by atoms with Crippen LogP contribution in [0.25, 0.3) is 6.08 Å². The first kappa shape index (κ1) is 14.2. The molecule has 100 valence electrons. The maximum absolute atomic E-state index is 11.9. The summed E-state index contributed by atoms with van der Waals surface area (Å²) in [4.78, 5) is 11.9. The van der Waals surface area contributed by atoms with E-state index in [1.165, 1.54) is 17.4 Å². The third-order valence-corrected chi connectivity index (χ3v) is 3.30. The van der Waals surface area contributed by atoms with Crippen LogP contribution in [0.5, 0.6) is 0 Å². The summed E-state index contributed by atoms with van der Waals surface area (Å²) in [6.45, 7) is 1.78. The number of amides is 1. The fourth-order valence-electron chi connectivity index (χ4n) is 1.39. The Labute approximate surface area is 124 Å². The molecule has 0 saturated heterocycles. The van der Waals surface area contributed by atoms with Gasteiger partial charge in [0.05, 0.1) is 0 Å². The van der Waals surface area contributed by atoms with Crippen molar-refractivity contribution in [3.8, 4) is 6.07 Å². The average molecular weight is 305 g/mol. The standard InChI is InChI=1S/C13H9ClN4OS/c1-8-17-18-13(20-8)16-12(19)10(7-15)6-9-2-4-11(14)5-3-9/h2-6H,1H3,(H,16,18,19). The van der Waals surface area contributed by atoms with Crippen LogP contribution in [0.15, 0.2) is 29.8 Å².